The van der Waals surface area contributed by atoms with E-state index in [9.17, 15) is 9.90 Å². The van der Waals surface area contributed by atoms with Crippen LogP contribution in [0.4, 0.5) is 0 Å². The minimum atomic E-state index is -0.853. The van der Waals surface area contributed by atoms with Crippen LogP contribution in [-0.4, -0.2) is 5.97 Å². The van der Waals surface area contributed by atoms with E-state index in [1.807, 2.05) is 0 Å². The van der Waals surface area contributed by atoms with Crippen molar-refractivity contribution in [2.45, 2.75) is 26.2 Å². The summed E-state index contributed by atoms with van der Waals surface area (Å²) in [4.78, 5) is 10.1. The van der Waals surface area contributed by atoms with Gasteiger partial charge in [-0.3, -0.25) is 0 Å². The van der Waals surface area contributed by atoms with E-state index in [2.05, 4.69) is 6.92 Å². The molecular formula is C7H11O2. The molecule has 2 nitrogen and oxygen atoms in total. The van der Waals surface area contributed by atoms with Crippen LogP contribution in [0.3, 0.4) is 0 Å². The Morgan fingerprint density at radius 2 is 2.33 bits per heavy atom. The van der Waals surface area contributed by atoms with E-state index in [1.54, 1.807) is 0 Å². The molecular weight excluding hydrogens is 116 g/mol. The molecule has 0 heterocycles. The van der Waals surface area contributed by atoms with E-state index in [4.69, 9.17) is 0 Å². The lowest BCUT2D eigenvalue weighted by Gasteiger charge is -1.87. The van der Waals surface area contributed by atoms with Gasteiger partial charge in [-0.2, -0.15) is 0 Å². The number of rotatable bonds is 3. The van der Waals surface area contributed by atoms with Crippen molar-refractivity contribution >= 4 is 5.97 Å². The number of carbonyl (C=O) groups is 1. The fourth-order valence-electron chi connectivity index (χ4n) is 1.23. The lowest BCUT2D eigenvalue weighted by Crippen LogP contribution is -1.96. The molecule has 1 rings (SSSR count). The third kappa shape index (κ3) is 1.44. The van der Waals surface area contributed by atoms with Crippen LogP contribution in [0, 0.1) is 11.8 Å². The molecule has 0 aromatic rings. The van der Waals surface area contributed by atoms with E-state index in [0.29, 0.717) is 5.92 Å². The molecule has 2 unspecified atom stereocenters. The molecule has 0 bridgehead atoms. The average molecular weight is 127 g/mol. The highest BCUT2D eigenvalue weighted by atomic mass is 16.4. The van der Waals surface area contributed by atoms with Gasteiger partial charge in [0, 0.05) is 0 Å². The van der Waals surface area contributed by atoms with E-state index < -0.39 is 5.97 Å². The Balaban J connectivity index is 2.17. The minimum Gasteiger partial charge on any atom is -0.247 e. The molecule has 51 valence electrons. The standard InChI is InChI=1S/C7H11O2/c1-2-3-5-4-6(5)7(8)9/h5-6H,2-4H2,1H3. The van der Waals surface area contributed by atoms with Crippen LogP contribution in [0.2, 0.25) is 0 Å². The molecule has 0 aliphatic heterocycles. The smallest absolute Gasteiger partial charge is 0.247 e. The molecule has 0 spiro atoms. The summed E-state index contributed by atoms with van der Waals surface area (Å²) in [5.41, 5.74) is 0. The first-order valence-electron chi connectivity index (χ1n) is 3.46. The predicted octanol–water partition coefficient (Wildman–Crippen LogP) is 1.38. The number of hydrogen-bond donors (Lipinski definition) is 0. The van der Waals surface area contributed by atoms with Gasteiger partial charge in [0.2, 0.25) is 0 Å². The van der Waals surface area contributed by atoms with Crippen LogP contribution < -0.4 is 0 Å². The maximum Gasteiger partial charge on any atom is 0.358 e. The van der Waals surface area contributed by atoms with Gasteiger partial charge in [-0.1, -0.05) is 13.3 Å². The quantitative estimate of drug-likeness (QED) is 0.564. The van der Waals surface area contributed by atoms with E-state index in [-0.39, 0.29) is 5.92 Å². The second-order valence-electron chi connectivity index (χ2n) is 2.71. The molecule has 2 atom stereocenters. The average Bonchev–Trinajstić information content (AvgIpc) is 2.47. The second kappa shape index (κ2) is 2.38. The van der Waals surface area contributed by atoms with Gasteiger partial charge in [0.15, 0.2) is 0 Å². The number of carbonyl (C=O) groups excluding carboxylic acids is 1. The first-order chi connectivity index (χ1) is 4.25. The molecule has 0 saturated heterocycles. The van der Waals surface area contributed by atoms with Crippen molar-refractivity contribution in [3.05, 3.63) is 0 Å². The van der Waals surface area contributed by atoms with Crippen molar-refractivity contribution < 1.29 is 9.90 Å². The zero-order valence-electron chi connectivity index (χ0n) is 5.59. The fraction of sp³-hybridized carbons (Fsp3) is 0.857. The van der Waals surface area contributed by atoms with Gasteiger partial charge in [0.25, 0.3) is 0 Å². The first-order valence-corrected chi connectivity index (χ1v) is 3.46. The zero-order valence-corrected chi connectivity index (χ0v) is 5.59. The van der Waals surface area contributed by atoms with E-state index in [1.165, 1.54) is 0 Å². The van der Waals surface area contributed by atoms with Gasteiger partial charge < -0.3 is 0 Å². The molecule has 1 aliphatic rings. The van der Waals surface area contributed by atoms with Crippen molar-refractivity contribution in [1.82, 2.24) is 0 Å². The van der Waals surface area contributed by atoms with Crippen LogP contribution in [0.15, 0.2) is 0 Å². The van der Waals surface area contributed by atoms with Gasteiger partial charge in [0.1, 0.15) is 0 Å². The predicted molar refractivity (Wildman–Crippen MR) is 32.2 cm³/mol. The second-order valence-corrected chi connectivity index (χ2v) is 2.71. The van der Waals surface area contributed by atoms with E-state index >= 15 is 0 Å². The summed E-state index contributed by atoms with van der Waals surface area (Å²) in [6.45, 7) is 2.07. The molecule has 9 heavy (non-hydrogen) atoms. The van der Waals surface area contributed by atoms with Crippen molar-refractivity contribution in [2.24, 2.45) is 11.8 Å². The topological polar surface area (TPSA) is 37.0 Å². The van der Waals surface area contributed by atoms with Crippen LogP contribution >= 0.6 is 0 Å². The summed E-state index contributed by atoms with van der Waals surface area (Å²) in [5.74, 6) is -0.515. The maximum absolute atomic E-state index is 10.1. The van der Waals surface area contributed by atoms with Gasteiger partial charge in [-0.15, -0.1) is 0 Å². The lowest BCUT2D eigenvalue weighted by molar-refractivity contribution is -0.145. The molecule has 0 aromatic carbocycles. The van der Waals surface area contributed by atoms with Gasteiger partial charge in [0.05, 0.1) is 5.92 Å². The van der Waals surface area contributed by atoms with Gasteiger partial charge >= 0.3 is 5.97 Å². The molecule has 1 radical (unpaired) electrons. The summed E-state index contributed by atoms with van der Waals surface area (Å²) < 4.78 is 0. The molecule has 1 fully saturated rings. The summed E-state index contributed by atoms with van der Waals surface area (Å²) in [6, 6.07) is 0. The van der Waals surface area contributed by atoms with Crippen LogP contribution in [0.5, 0.6) is 0 Å². The van der Waals surface area contributed by atoms with Crippen LogP contribution in [-0.2, 0) is 9.90 Å². The van der Waals surface area contributed by atoms with Crippen molar-refractivity contribution in [3.63, 3.8) is 0 Å². The van der Waals surface area contributed by atoms with Crippen molar-refractivity contribution in [1.29, 1.82) is 0 Å². The highest BCUT2D eigenvalue weighted by Crippen LogP contribution is 2.41. The minimum absolute atomic E-state index is 0.107. The Morgan fingerprint density at radius 1 is 1.67 bits per heavy atom. The van der Waals surface area contributed by atoms with Crippen LogP contribution in [0.1, 0.15) is 26.2 Å². The summed E-state index contributed by atoms with van der Waals surface area (Å²) in [6.07, 6.45) is 3.00. The summed E-state index contributed by atoms with van der Waals surface area (Å²) in [7, 11) is 0. The van der Waals surface area contributed by atoms with Crippen molar-refractivity contribution in [2.75, 3.05) is 0 Å². The molecule has 2 heteroatoms. The van der Waals surface area contributed by atoms with Crippen molar-refractivity contribution in [3.8, 4) is 0 Å². The fourth-order valence-corrected chi connectivity index (χ4v) is 1.23. The Labute approximate surface area is 54.9 Å². The first kappa shape index (κ1) is 6.59. The zero-order chi connectivity index (χ0) is 6.85. The Hall–Kier alpha value is -0.530. The van der Waals surface area contributed by atoms with E-state index in [0.717, 1.165) is 19.3 Å². The van der Waals surface area contributed by atoms with Crippen LogP contribution in [0.25, 0.3) is 0 Å². The molecule has 0 amide bonds. The summed E-state index contributed by atoms with van der Waals surface area (Å²) in [5, 5.41) is 10.1. The molecule has 1 saturated carbocycles. The molecule has 0 aromatic heterocycles. The summed E-state index contributed by atoms with van der Waals surface area (Å²) >= 11 is 0. The highest BCUT2D eigenvalue weighted by Gasteiger charge is 2.43. The largest absolute Gasteiger partial charge is 0.358 e. The highest BCUT2D eigenvalue weighted by molar-refractivity contribution is 5.72. The number of hydrogen-bond acceptors (Lipinski definition) is 1. The molecule has 0 N–H and O–H groups in total. The third-order valence-corrected chi connectivity index (χ3v) is 1.88. The lowest BCUT2D eigenvalue weighted by atomic mass is 10.2. The normalized spacial score (nSPS) is 32.1. The van der Waals surface area contributed by atoms with Gasteiger partial charge in [-0.05, 0) is 18.8 Å². The monoisotopic (exact) mass is 127 g/mol. The third-order valence-electron chi connectivity index (χ3n) is 1.88. The Morgan fingerprint density at radius 3 is 2.67 bits per heavy atom. The Bertz CT molecular complexity index is 120. The maximum atomic E-state index is 10.1. The SMILES string of the molecule is CCCC1CC1C([O])=O. The van der Waals surface area contributed by atoms with Gasteiger partial charge in [-0.25, -0.2) is 9.90 Å². The molecule has 1 aliphatic carbocycles. The Kier molecular flexibility index (Phi) is 1.74.